The summed E-state index contributed by atoms with van der Waals surface area (Å²) in [5, 5.41) is 5.51. The molecule has 1 amide bonds. The molecule has 116 valence electrons. The highest BCUT2D eigenvalue weighted by atomic mass is 19.4. The Morgan fingerprint density at radius 2 is 2.19 bits per heavy atom. The maximum Gasteiger partial charge on any atom is 0.573 e. The zero-order valence-corrected chi connectivity index (χ0v) is 11.1. The van der Waals surface area contributed by atoms with Crippen molar-refractivity contribution < 1.29 is 27.4 Å². The van der Waals surface area contributed by atoms with Crippen LogP contribution in [0.5, 0.6) is 5.75 Å². The molecule has 0 saturated carbocycles. The zero-order chi connectivity index (χ0) is 15.3. The summed E-state index contributed by atoms with van der Waals surface area (Å²) in [5.41, 5.74) is -0.0171. The number of carbonyl (C=O) groups is 1. The van der Waals surface area contributed by atoms with E-state index in [2.05, 4.69) is 15.4 Å². The van der Waals surface area contributed by atoms with Gasteiger partial charge in [-0.1, -0.05) is 12.1 Å². The van der Waals surface area contributed by atoms with Gasteiger partial charge < -0.3 is 20.1 Å². The first kappa shape index (κ1) is 15.6. The van der Waals surface area contributed by atoms with Crippen molar-refractivity contribution in [3.05, 3.63) is 24.3 Å². The van der Waals surface area contributed by atoms with Crippen molar-refractivity contribution in [3.63, 3.8) is 0 Å². The summed E-state index contributed by atoms with van der Waals surface area (Å²) in [6.07, 6.45) is -4.69. The van der Waals surface area contributed by atoms with Gasteiger partial charge in [-0.2, -0.15) is 0 Å². The molecule has 5 nitrogen and oxygen atoms in total. The highest BCUT2D eigenvalue weighted by molar-refractivity contribution is 5.92. The number of carbonyl (C=O) groups excluding carboxylic acids is 1. The van der Waals surface area contributed by atoms with Gasteiger partial charge in [-0.05, 0) is 12.1 Å². The van der Waals surface area contributed by atoms with Crippen LogP contribution in [0.25, 0.3) is 0 Å². The van der Waals surface area contributed by atoms with E-state index in [0.717, 1.165) is 6.07 Å². The lowest BCUT2D eigenvalue weighted by Gasteiger charge is -2.23. The molecule has 8 heteroatoms. The number of alkyl halides is 3. The molecule has 1 atom stereocenters. The number of morpholine rings is 1. The van der Waals surface area contributed by atoms with Crippen molar-refractivity contribution in [2.24, 2.45) is 0 Å². The SMILES string of the molecule is O=C(CC1COCCN1)Nc1ccccc1OC(F)(F)F. The Kier molecular flexibility index (Phi) is 5.03. The van der Waals surface area contributed by atoms with Gasteiger partial charge in [0.25, 0.3) is 0 Å². The molecule has 0 aromatic heterocycles. The Morgan fingerprint density at radius 1 is 1.43 bits per heavy atom. The van der Waals surface area contributed by atoms with Crippen LogP contribution in [0, 0.1) is 0 Å². The first-order valence-electron chi connectivity index (χ1n) is 6.40. The number of benzene rings is 1. The van der Waals surface area contributed by atoms with Crippen LogP contribution in [0.4, 0.5) is 18.9 Å². The molecule has 2 N–H and O–H groups in total. The third-order valence-electron chi connectivity index (χ3n) is 2.82. The van der Waals surface area contributed by atoms with Crippen molar-refractivity contribution in [2.75, 3.05) is 25.1 Å². The maximum atomic E-state index is 12.3. The zero-order valence-electron chi connectivity index (χ0n) is 11.1. The van der Waals surface area contributed by atoms with E-state index in [9.17, 15) is 18.0 Å². The maximum absolute atomic E-state index is 12.3. The smallest absolute Gasteiger partial charge is 0.404 e. The summed E-state index contributed by atoms with van der Waals surface area (Å²) < 4.78 is 45.9. The molecular weight excluding hydrogens is 289 g/mol. The molecule has 0 bridgehead atoms. The minimum Gasteiger partial charge on any atom is -0.404 e. The predicted octanol–water partition coefficient (Wildman–Crippen LogP) is 1.90. The van der Waals surface area contributed by atoms with E-state index >= 15 is 0 Å². The summed E-state index contributed by atoms with van der Waals surface area (Å²) >= 11 is 0. The molecule has 1 aliphatic rings. The van der Waals surface area contributed by atoms with Gasteiger partial charge in [0.15, 0.2) is 5.75 Å². The first-order chi connectivity index (χ1) is 9.94. The summed E-state index contributed by atoms with van der Waals surface area (Å²) in [6.45, 7) is 1.63. The number of halogens is 3. The number of rotatable bonds is 4. The molecule has 1 heterocycles. The largest absolute Gasteiger partial charge is 0.573 e. The first-order valence-corrected chi connectivity index (χ1v) is 6.40. The van der Waals surface area contributed by atoms with Crippen molar-refractivity contribution in [1.29, 1.82) is 0 Å². The average Bonchev–Trinajstić information content (AvgIpc) is 2.40. The molecule has 0 radical (unpaired) electrons. The van der Waals surface area contributed by atoms with Gasteiger partial charge >= 0.3 is 6.36 Å². The topological polar surface area (TPSA) is 59.6 Å². The monoisotopic (exact) mass is 304 g/mol. The van der Waals surface area contributed by atoms with Crippen LogP contribution in [0.3, 0.4) is 0 Å². The molecule has 2 rings (SSSR count). The second-order valence-corrected chi connectivity index (χ2v) is 4.52. The summed E-state index contributed by atoms with van der Waals surface area (Å²) in [4.78, 5) is 11.9. The number of para-hydroxylation sites is 2. The molecule has 1 saturated heterocycles. The van der Waals surface area contributed by atoms with Crippen LogP contribution in [0.15, 0.2) is 24.3 Å². The van der Waals surface area contributed by atoms with Crippen LogP contribution in [-0.4, -0.2) is 38.1 Å². The van der Waals surface area contributed by atoms with E-state index < -0.39 is 18.0 Å². The summed E-state index contributed by atoms with van der Waals surface area (Å²) in [7, 11) is 0. The minimum absolute atomic E-state index is 0.0171. The third-order valence-corrected chi connectivity index (χ3v) is 2.82. The Balaban J connectivity index is 1.96. The van der Waals surface area contributed by atoms with Gasteiger partial charge in [0, 0.05) is 19.0 Å². The molecule has 1 aromatic carbocycles. The Hall–Kier alpha value is -1.80. The molecule has 0 aliphatic carbocycles. The quantitative estimate of drug-likeness (QED) is 0.892. The van der Waals surface area contributed by atoms with E-state index in [1.165, 1.54) is 18.2 Å². The standard InChI is InChI=1S/C13H15F3N2O3/c14-13(15,16)21-11-4-2-1-3-10(11)18-12(19)7-9-8-20-6-5-17-9/h1-4,9,17H,5-8H2,(H,18,19). The van der Waals surface area contributed by atoms with Crippen LogP contribution < -0.4 is 15.4 Å². The number of nitrogens with one attached hydrogen (secondary N) is 2. The fourth-order valence-electron chi connectivity index (χ4n) is 1.96. The fraction of sp³-hybridized carbons (Fsp3) is 0.462. The number of anilines is 1. The molecule has 1 fully saturated rings. The average molecular weight is 304 g/mol. The van der Waals surface area contributed by atoms with Gasteiger partial charge in [0.2, 0.25) is 5.91 Å². The van der Waals surface area contributed by atoms with Crippen molar-refractivity contribution in [3.8, 4) is 5.75 Å². The van der Waals surface area contributed by atoms with Gasteiger partial charge in [-0.15, -0.1) is 13.2 Å². The molecule has 21 heavy (non-hydrogen) atoms. The van der Waals surface area contributed by atoms with E-state index in [-0.39, 0.29) is 18.2 Å². The van der Waals surface area contributed by atoms with Crippen molar-refractivity contribution in [1.82, 2.24) is 5.32 Å². The molecule has 0 spiro atoms. The highest BCUT2D eigenvalue weighted by Gasteiger charge is 2.32. The fourth-order valence-corrected chi connectivity index (χ4v) is 1.96. The summed E-state index contributed by atoms with van der Waals surface area (Å²) in [6, 6.07) is 5.26. The summed E-state index contributed by atoms with van der Waals surface area (Å²) in [5.74, 6) is -0.845. The lowest BCUT2D eigenvalue weighted by molar-refractivity contribution is -0.274. The number of hydrogen-bond acceptors (Lipinski definition) is 4. The normalized spacial score (nSPS) is 19.1. The van der Waals surface area contributed by atoms with E-state index in [1.54, 1.807) is 0 Å². The van der Waals surface area contributed by atoms with Crippen LogP contribution in [0.1, 0.15) is 6.42 Å². The second-order valence-electron chi connectivity index (χ2n) is 4.52. The Labute approximate surface area is 119 Å². The predicted molar refractivity (Wildman–Crippen MR) is 69.0 cm³/mol. The molecule has 1 aliphatic heterocycles. The van der Waals surface area contributed by atoms with Gasteiger partial charge in [0.1, 0.15) is 0 Å². The van der Waals surface area contributed by atoms with Crippen LogP contribution in [0.2, 0.25) is 0 Å². The highest BCUT2D eigenvalue weighted by Crippen LogP contribution is 2.29. The van der Waals surface area contributed by atoms with Crippen molar-refractivity contribution >= 4 is 11.6 Å². The van der Waals surface area contributed by atoms with Gasteiger partial charge in [-0.3, -0.25) is 4.79 Å². The van der Waals surface area contributed by atoms with Gasteiger partial charge in [-0.25, -0.2) is 0 Å². The van der Waals surface area contributed by atoms with Crippen LogP contribution in [-0.2, 0) is 9.53 Å². The Bertz CT molecular complexity index is 488. The molecular formula is C13H15F3N2O3. The number of hydrogen-bond donors (Lipinski definition) is 2. The third kappa shape index (κ3) is 5.24. The van der Waals surface area contributed by atoms with E-state index in [0.29, 0.717) is 19.8 Å². The second kappa shape index (κ2) is 6.77. The van der Waals surface area contributed by atoms with E-state index in [4.69, 9.17) is 4.74 Å². The lowest BCUT2D eigenvalue weighted by Crippen LogP contribution is -2.43. The van der Waals surface area contributed by atoms with Gasteiger partial charge in [0.05, 0.1) is 18.9 Å². The van der Waals surface area contributed by atoms with Crippen LogP contribution >= 0.6 is 0 Å². The number of amides is 1. The Morgan fingerprint density at radius 3 is 2.86 bits per heavy atom. The molecule has 1 unspecified atom stereocenters. The molecule has 1 aromatic rings. The lowest BCUT2D eigenvalue weighted by atomic mass is 10.2. The number of ether oxygens (including phenoxy) is 2. The van der Waals surface area contributed by atoms with E-state index in [1.807, 2.05) is 0 Å². The van der Waals surface area contributed by atoms with Crippen molar-refractivity contribution in [2.45, 2.75) is 18.8 Å². The minimum atomic E-state index is -4.81.